The number of hydrogen-bond donors (Lipinski definition) is 4. The van der Waals surface area contributed by atoms with Crippen molar-refractivity contribution in [2.75, 3.05) is 33.5 Å². The number of ether oxygens (including phenoxy) is 2. The van der Waals surface area contributed by atoms with E-state index in [1.54, 1.807) is 7.11 Å². The molecule has 142 valence electrons. The molecular formula is C16H32N2O6. The van der Waals surface area contributed by atoms with Gasteiger partial charge in [-0.15, -0.1) is 0 Å². The maximum atomic E-state index is 12.2. The largest absolute Gasteiger partial charge is 0.382 e. The highest BCUT2D eigenvalue weighted by atomic mass is 16.5. The van der Waals surface area contributed by atoms with E-state index in [4.69, 9.17) is 25.4 Å². The number of ketones is 1. The van der Waals surface area contributed by atoms with Crippen molar-refractivity contribution in [2.24, 2.45) is 11.7 Å². The smallest absolute Gasteiger partial charge is 0.223 e. The Morgan fingerprint density at radius 1 is 1.12 bits per heavy atom. The predicted molar refractivity (Wildman–Crippen MR) is 89.2 cm³/mol. The molecule has 0 rings (SSSR count). The number of aliphatic hydroxyl groups excluding tert-OH is 1. The van der Waals surface area contributed by atoms with E-state index in [0.29, 0.717) is 32.8 Å². The summed E-state index contributed by atoms with van der Waals surface area (Å²) in [5.74, 6) is -1.11. The standard InChI is InChI=1S/C16H32N2O6/c1-3-4-13(17)14(19)11-12(5-6-15(20)21)16(22)18-7-8-24-10-9-23-2/h12-13,15,20-21H,3-11,17H2,1-2H3,(H,18,22). The first-order chi connectivity index (χ1) is 11.4. The molecular weight excluding hydrogens is 316 g/mol. The maximum Gasteiger partial charge on any atom is 0.223 e. The van der Waals surface area contributed by atoms with Gasteiger partial charge in [-0.25, -0.2) is 0 Å². The minimum Gasteiger partial charge on any atom is -0.382 e. The summed E-state index contributed by atoms with van der Waals surface area (Å²) in [6, 6.07) is -0.582. The highest BCUT2D eigenvalue weighted by molar-refractivity contribution is 5.89. The summed E-state index contributed by atoms with van der Waals surface area (Å²) in [4.78, 5) is 24.3. The van der Waals surface area contributed by atoms with Crippen LogP contribution in [0.15, 0.2) is 0 Å². The Morgan fingerprint density at radius 2 is 1.83 bits per heavy atom. The fraction of sp³-hybridized carbons (Fsp3) is 0.875. The summed E-state index contributed by atoms with van der Waals surface area (Å²) >= 11 is 0. The third-order valence-electron chi connectivity index (χ3n) is 3.58. The zero-order chi connectivity index (χ0) is 18.4. The molecule has 0 saturated heterocycles. The van der Waals surface area contributed by atoms with Crippen LogP contribution in [-0.4, -0.2) is 67.7 Å². The number of amides is 1. The van der Waals surface area contributed by atoms with Crippen LogP contribution < -0.4 is 11.1 Å². The molecule has 1 amide bonds. The van der Waals surface area contributed by atoms with Gasteiger partial charge in [0.25, 0.3) is 0 Å². The first kappa shape index (κ1) is 22.9. The van der Waals surface area contributed by atoms with E-state index in [-0.39, 0.29) is 31.0 Å². The normalized spacial score (nSPS) is 13.8. The van der Waals surface area contributed by atoms with Crippen LogP contribution in [0.2, 0.25) is 0 Å². The molecule has 0 aliphatic rings. The number of rotatable bonds is 15. The fourth-order valence-electron chi connectivity index (χ4n) is 2.18. The third kappa shape index (κ3) is 11.5. The van der Waals surface area contributed by atoms with Gasteiger partial charge in [0, 0.05) is 26.0 Å². The summed E-state index contributed by atoms with van der Waals surface area (Å²) in [5, 5.41) is 20.7. The molecule has 2 atom stereocenters. The highest BCUT2D eigenvalue weighted by Gasteiger charge is 2.24. The number of carbonyl (C=O) groups is 2. The number of aliphatic hydroxyl groups is 2. The van der Waals surface area contributed by atoms with Crippen LogP contribution in [0.25, 0.3) is 0 Å². The monoisotopic (exact) mass is 348 g/mol. The highest BCUT2D eigenvalue weighted by Crippen LogP contribution is 2.15. The van der Waals surface area contributed by atoms with Crippen molar-refractivity contribution in [1.29, 1.82) is 0 Å². The second-order valence-corrected chi connectivity index (χ2v) is 5.72. The van der Waals surface area contributed by atoms with Gasteiger partial charge in [0.2, 0.25) is 5.91 Å². The number of hydrogen-bond acceptors (Lipinski definition) is 7. The lowest BCUT2D eigenvalue weighted by atomic mass is 9.92. The van der Waals surface area contributed by atoms with Crippen LogP contribution in [0.5, 0.6) is 0 Å². The zero-order valence-corrected chi connectivity index (χ0v) is 14.7. The van der Waals surface area contributed by atoms with Crippen LogP contribution in [-0.2, 0) is 19.1 Å². The van der Waals surface area contributed by atoms with Crippen LogP contribution in [0.3, 0.4) is 0 Å². The van der Waals surface area contributed by atoms with E-state index in [2.05, 4.69) is 5.32 Å². The zero-order valence-electron chi connectivity index (χ0n) is 14.7. The minimum atomic E-state index is -1.50. The van der Waals surface area contributed by atoms with E-state index in [1.165, 1.54) is 0 Å². The molecule has 0 heterocycles. The second-order valence-electron chi connectivity index (χ2n) is 5.72. The maximum absolute atomic E-state index is 12.2. The van der Waals surface area contributed by atoms with Crippen molar-refractivity contribution < 1.29 is 29.3 Å². The van der Waals surface area contributed by atoms with Gasteiger partial charge in [-0.3, -0.25) is 9.59 Å². The van der Waals surface area contributed by atoms with E-state index in [0.717, 1.165) is 6.42 Å². The molecule has 0 saturated carbocycles. The Hall–Kier alpha value is -1.06. The van der Waals surface area contributed by atoms with Gasteiger partial charge < -0.3 is 30.7 Å². The molecule has 0 aliphatic heterocycles. The molecule has 8 nitrogen and oxygen atoms in total. The van der Waals surface area contributed by atoms with Crippen LogP contribution in [0, 0.1) is 5.92 Å². The number of Topliss-reactive ketones (excluding diaryl/α,β-unsaturated/α-hetero) is 1. The summed E-state index contributed by atoms with van der Waals surface area (Å²) in [6.45, 7) is 3.51. The van der Waals surface area contributed by atoms with Gasteiger partial charge in [0.05, 0.1) is 25.9 Å². The Labute approximate surface area is 143 Å². The van der Waals surface area contributed by atoms with Crippen molar-refractivity contribution in [3.63, 3.8) is 0 Å². The van der Waals surface area contributed by atoms with E-state index in [9.17, 15) is 9.59 Å². The Bertz CT molecular complexity index is 351. The average molecular weight is 348 g/mol. The lowest BCUT2D eigenvalue weighted by Crippen LogP contribution is -2.38. The molecule has 0 spiro atoms. The summed E-state index contributed by atoms with van der Waals surface area (Å²) in [7, 11) is 1.57. The fourth-order valence-corrected chi connectivity index (χ4v) is 2.18. The van der Waals surface area contributed by atoms with Crippen LogP contribution in [0.1, 0.15) is 39.0 Å². The predicted octanol–water partition coefficient (Wildman–Crippen LogP) is -0.441. The summed E-state index contributed by atoms with van der Waals surface area (Å²) < 4.78 is 10.1. The molecule has 2 unspecified atom stereocenters. The van der Waals surface area contributed by atoms with E-state index in [1.807, 2.05) is 6.92 Å². The van der Waals surface area contributed by atoms with Gasteiger partial charge in [-0.2, -0.15) is 0 Å². The number of nitrogens with one attached hydrogen (secondary N) is 1. The van der Waals surface area contributed by atoms with Gasteiger partial charge in [0.15, 0.2) is 6.29 Å². The van der Waals surface area contributed by atoms with E-state index < -0.39 is 18.2 Å². The third-order valence-corrected chi connectivity index (χ3v) is 3.58. The minimum absolute atomic E-state index is 0.00422. The molecule has 0 radical (unpaired) electrons. The quantitative estimate of drug-likeness (QED) is 0.233. The Balaban J connectivity index is 4.36. The molecule has 0 aliphatic carbocycles. The molecule has 24 heavy (non-hydrogen) atoms. The lowest BCUT2D eigenvalue weighted by Gasteiger charge is -2.18. The van der Waals surface area contributed by atoms with Crippen molar-refractivity contribution in [2.45, 2.75) is 51.4 Å². The Kier molecular flexibility index (Phi) is 13.7. The lowest BCUT2D eigenvalue weighted by molar-refractivity contribution is -0.131. The SMILES string of the molecule is CCCC(N)C(=O)CC(CCC(O)O)C(=O)NCCOCCOC. The first-order valence-corrected chi connectivity index (χ1v) is 8.41. The van der Waals surface area contributed by atoms with Gasteiger partial charge >= 0.3 is 0 Å². The summed E-state index contributed by atoms with van der Waals surface area (Å²) in [5.41, 5.74) is 5.79. The van der Waals surface area contributed by atoms with E-state index >= 15 is 0 Å². The van der Waals surface area contributed by atoms with Crippen LogP contribution in [0.4, 0.5) is 0 Å². The van der Waals surface area contributed by atoms with Gasteiger partial charge in [-0.1, -0.05) is 13.3 Å². The molecule has 0 aromatic heterocycles. The van der Waals surface area contributed by atoms with Crippen LogP contribution >= 0.6 is 0 Å². The summed E-state index contributed by atoms with van der Waals surface area (Å²) in [6.07, 6.45) is 0.0972. The second kappa shape index (κ2) is 14.3. The molecule has 0 fully saturated rings. The van der Waals surface area contributed by atoms with Crippen molar-refractivity contribution in [3.05, 3.63) is 0 Å². The molecule has 0 bridgehead atoms. The first-order valence-electron chi connectivity index (χ1n) is 8.41. The van der Waals surface area contributed by atoms with Crippen molar-refractivity contribution in [1.82, 2.24) is 5.32 Å². The van der Waals surface area contributed by atoms with Crippen molar-refractivity contribution >= 4 is 11.7 Å². The van der Waals surface area contributed by atoms with Gasteiger partial charge in [0.1, 0.15) is 5.78 Å². The van der Waals surface area contributed by atoms with Crippen molar-refractivity contribution in [3.8, 4) is 0 Å². The molecule has 0 aromatic carbocycles. The molecule has 0 aromatic rings. The number of methoxy groups -OCH3 is 1. The average Bonchev–Trinajstić information content (AvgIpc) is 2.54. The molecule has 5 N–H and O–H groups in total. The number of carbonyl (C=O) groups excluding carboxylic acids is 2. The Morgan fingerprint density at radius 3 is 2.42 bits per heavy atom. The topological polar surface area (TPSA) is 131 Å². The molecule has 8 heteroatoms. The number of nitrogens with two attached hydrogens (primary N) is 1. The van der Waals surface area contributed by atoms with Gasteiger partial charge in [-0.05, 0) is 19.3 Å².